The van der Waals surface area contributed by atoms with Crippen LogP contribution in [0.2, 0.25) is 0 Å². The molecule has 0 atom stereocenters. The van der Waals surface area contributed by atoms with Crippen LogP contribution in [0.5, 0.6) is 11.5 Å². The fourth-order valence-electron chi connectivity index (χ4n) is 1.79. The zero-order valence-corrected chi connectivity index (χ0v) is 11.0. The molecule has 5 nitrogen and oxygen atoms in total. The maximum absolute atomic E-state index is 12.8. The molecule has 0 fully saturated rings. The molecule has 0 amide bonds. The lowest BCUT2D eigenvalue weighted by Crippen LogP contribution is -2.14. The molecule has 0 aliphatic heterocycles. The van der Waals surface area contributed by atoms with Gasteiger partial charge in [0.05, 0.1) is 0 Å². The first-order valence-corrected chi connectivity index (χ1v) is 5.93. The van der Waals surface area contributed by atoms with Gasteiger partial charge in [0.25, 0.3) is 0 Å². The van der Waals surface area contributed by atoms with Crippen molar-refractivity contribution in [1.82, 2.24) is 0 Å². The standard InChI is InChI=1S/C15H11FO5/c1-8-3-2-4-11(17)13(8)15(20)21-14(19)10-6-5-9(16)7-12(10)18/h2-7,17-18H,1H3. The van der Waals surface area contributed by atoms with Gasteiger partial charge in [0.1, 0.15) is 28.4 Å². The molecule has 0 bridgehead atoms. The van der Waals surface area contributed by atoms with Crippen molar-refractivity contribution in [1.29, 1.82) is 0 Å². The summed E-state index contributed by atoms with van der Waals surface area (Å²) in [7, 11) is 0. The Morgan fingerprint density at radius 1 is 1.05 bits per heavy atom. The van der Waals surface area contributed by atoms with Crippen LogP contribution in [0.3, 0.4) is 0 Å². The first kappa shape index (κ1) is 14.5. The number of phenols is 2. The van der Waals surface area contributed by atoms with Gasteiger partial charge in [0.15, 0.2) is 0 Å². The summed E-state index contributed by atoms with van der Waals surface area (Å²) >= 11 is 0. The minimum atomic E-state index is -1.14. The normalized spacial score (nSPS) is 10.2. The van der Waals surface area contributed by atoms with Crippen molar-refractivity contribution in [2.45, 2.75) is 6.92 Å². The highest BCUT2D eigenvalue weighted by Gasteiger charge is 2.21. The molecule has 108 valence electrons. The molecule has 21 heavy (non-hydrogen) atoms. The van der Waals surface area contributed by atoms with E-state index >= 15 is 0 Å². The number of hydrogen-bond acceptors (Lipinski definition) is 5. The van der Waals surface area contributed by atoms with E-state index in [2.05, 4.69) is 4.74 Å². The monoisotopic (exact) mass is 290 g/mol. The van der Waals surface area contributed by atoms with Crippen molar-refractivity contribution >= 4 is 11.9 Å². The molecule has 2 rings (SSSR count). The summed E-state index contributed by atoms with van der Waals surface area (Å²) in [6, 6.07) is 7.06. The average molecular weight is 290 g/mol. The molecule has 0 radical (unpaired) electrons. The smallest absolute Gasteiger partial charge is 0.350 e. The van der Waals surface area contributed by atoms with Crippen LogP contribution < -0.4 is 0 Å². The van der Waals surface area contributed by atoms with E-state index < -0.39 is 23.5 Å². The largest absolute Gasteiger partial charge is 0.507 e. The fraction of sp³-hybridized carbons (Fsp3) is 0.0667. The molecule has 0 aliphatic carbocycles. The Hall–Kier alpha value is -2.89. The Labute approximate surface area is 119 Å². The van der Waals surface area contributed by atoms with Gasteiger partial charge >= 0.3 is 11.9 Å². The van der Waals surface area contributed by atoms with Crippen LogP contribution in [0, 0.1) is 12.7 Å². The average Bonchev–Trinajstić information content (AvgIpc) is 2.37. The third-order valence-corrected chi connectivity index (χ3v) is 2.82. The highest BCUT2D eigenvalue weighted by Crippen LogP contribution is 2.23. The topological polar surface area (TPSA) is 83.8 Å². The van der Waals surface area contributed by atoms with Gasteiger partial charge < -0.3 is 14.9 Å². The van der Waals surface area contributed by atoms with Gasteiger partial charge in [-0.1, -0.05) is 12.1 Å². The summed E-state index contributed by atoms with van der Waals surface area (Å²) in [5.41, 5.74) is -0.0681. The Balaban J connectivity index is 2.25. The summed E-state index contributed by atoms with van der Waals surface area (Å²) in [4.78, 5) is 23.7. The molecular weight excluding hydrogens is 279 g/mol. The maximum Gasteiger partial charge on any atom is 0.350 e. The van der Waals surface area contributed by atoms with Gasteiger partial charge in [-0.15, -0.1) is 0 Å². The first-order valence-electron chi connectivity index (χ1n) is 5.93. The number of aryl methyl sites for hydroxylation is 1. The number of hydrogen-bond donors (Lipinski definition) is 2. The molecule has 0 saturated heterocycles. The highest BCUT2D eigenvalue weighted by molar-refractivity contribution is 6.05. The van der Waals surface area contributed by atoms with Crippen LogP contribution in [-0.2, 0) is 4.74 Å². The Bertz CT molecular complexity index is 704. The van der Waals surface area contributed by atoms with E-state index in [1.54, 1.807) is 13.0 Å². The summed E-state index contributed by atoms with van der Waals surface area (Å²) in [6.45, 7) is 1.57. The van der Waals surface area contributed by atoms with E-state index in [4.69, 9.17) is 0 Å². The second-order valence-electron chi connectivity index (χ2n) is 4.31. The quantitative estimate of drug-likeness (QED) is 0.656. The van der Waals surface area contributed by atoms with Gasteiger partial charge in [-0.05, 0) is 30.7 Å². The van der Waals surface area contributed by atoms with Gasteiger partial charge in [0, 0.05) is 6.07 Å². The maximum atomic E-state index is 12.8. The molecule has 2 aromatic rings. The number of ether oxygens (including phenoxy) is 1. The Kier molecular flexibility index (Phi) is 3.89. The molecule has 0 unspecified atom stereocenters. The lowest BCUT2D eigenvalue weighted by atomic mass is 10.1. The predicted molar refractivity (Wildman–Crippen MR) is 70.7 cm³/mol. The second kappa shape index (κ2) is 5.62. The SMILES string of the molecule is Cc1cccc(O)c1C(=O)OC(=O)c1ccc(F)cc1O. The third-order valence-electron chi connectivity index (χ3n) is 2.82. The number of benzene rings is 2. The van der Waals surface area contributed by atoms with Crippen molar-refractivity contribution in [3.63, 3.8) is 0 Å². The van der Waals surface area contributed by atoms with Crippen molar-refractivity contribution in [3.05, 3.63) is 58.9 Å². The van der Waals surface area contributed by atoms with Crippen molar-refractivity contribution in [3.8, 4) is 11.5 Å². The highest BCUT2D eigenvalue weighted by atomic mass is 19.1. The van der Waals surface area contributed by atoms with Gasteiger partial charge in [0.2, 0.25) is 0 Å². The molecule has 2 aromatic carbocycles. The molecule has 6 heteroatoms. The fourth-order valence-corrected chi connectivity index (χ4v) is 1.79. The summed E-state index contributed by atoms with van der Waals surface area (Å²) in [5, 5.41) is 19.1. The van der Waals surface area contributed by atoms with Crippen LogP contribution in [0.1, 0.15) is 26.3 Å². The number of carbonyl (C=O) groups excluding carboxylic acids is 2. The van der Waals surface area contributed by atoms with Crippen molar-refractivity contribution in [2.75, 3.05) is 0 Å². The molecular formula is C15H11FO5. The van der Waals surface area contributed by atoms with Crippen LogP contribution in [0.4, 0.5) is 4.39 Å². The second-order valence-corrected chi connectivity index (χ2v) is 4.31. The van der Waals surface area contributed by atoms with Gasteiger partial charge in [-0.3, -0.25) is 0 Å². The van der Waals surface area contributed by atoms with Crippen LogP contribution in [0.25, 0.3) is 0 Å². The predicted octanol–water partition coefficient (Wildman–Crippen LogP) is 2.54. The van der Waals surface area contributed by atoms with Crippen molar-refractivity contribution < 1.29 is 28.9 Å². The van der Waals surface area contributed by atoms with Gasteiger partial charge in [-0.25, -0.2) is 14.0 Å². The number of phenolic OH excluding ortho intramolecular Hbond substituents is 2. The third kappa shape index (κ3) is 3.00. The van der Waals surface area contributed by atoms with E-state index in [-0.39, 0.29) is 16.9 Å². The lowest BCUT2D eigenvalue weighted by Gasteiger charge is -2.08. The van der Waals surface area contributed by atoms with E-state index in [0.717, 1.165) is 18.2 Å². The lowest BCUT2D eigenvalue weighted by molar-refractivity contribution is 0.0394. The first-order chi connectivity index (χ1) is 9.90. The summed E-state index contributed by atoms with van der Waals surface area (Å²) in [6.07, 6.45) is 0. The molecule has 0 spiro atoms. The van der Waals surface area contributed by atoms with Crippen LogP contribution >= 0.6 is 0 Å². The molecule has 0 saturated carbocycles. The summed E-state index contributed by atoms with van der Waals surface area (Å²) < 4.78 is 17.4. The van der Waals surface area contributed by atoms with Crippen molar-refractivity contribution in [2.24, 2.45) is 0 Å². The Morgan fingerprint density at radius 2 is 1.76 bits per heavy atom. The molecule has 0 aliphatic rings. The number of carbonyl (C=O) groups is 2. The zero-order chi connectivity index (χ0) is 15.6. The molecule has 2 N–H and O–H groups in total. The Morgan fingerprint density at radius 3 is 2.38 bits per heavy atom. The summed E-state index contributed by atoms with van der Waals surface area (Å²) in [5.74, 6) is -3.88. The van der Waals surface area contributed by atoms with E-state index in [9.17, 15) is 24.2 Å². The van der Waals surface area contributed by atoms with E-state index in [1.165, 1.54) is 12.1 Å². The number of esters is 2. The zero-order valence-electron chi connectivity index (χ0n) is 11.0. The number of aromatic hydroxyl groups is 2. The molecule has 0 aromatic heterocycles. The van der Waals surface area contributed by atoms with E-state index in [1.807, 2.05) is 0 Å². The van der Waals surface area contributed by atoms with Gasteiger partial charge in [-0.2, -0.15) is 0 Å². The number of halogens is 1. The minimum absolute atomic E-state index is 0.146. The molecule has 0 heterocycles. The number of rotatable bonds is 2. The van der Waals surface area contributed by atoms with Crippen LogP contribution in [-0.4, -0.2) is 22.2 Å². The van der Waals surface area contributed by atoms with E-state index in [0.29, 0.717) is 5.56 Å². The van der Waals surface area contributed by atoms with Crippen LogP contribution in [0.15, 0.2) is 36.4 Å². The minimum Gasteiger partial charge on any atom is -0.507 e.